The van der Waals surface area contributed by atoms with Crippen LogP contribution >= 0.6 is 0 Å². The van der Waals surface area contributed by atoms with E-state index < -0.39 is 0 Å². The Labute approximate surface area is 174 Å². The van der Waals surface area contributed by atoms with E-state index in [0.29, 0.717) is 25.3 Å². The van der Waals surface area contributed by atoms with Gasteiger partial charge in [-0.1, -0.05) is 0 Å². The van der Waals surface area contributed by atoms with Crippen molar-refractivity contribution in [2.24, 2.45) is 7.05 Å². The number of amides is 2. The van der Waals surface area contributed by atoms with Gasteiger partial charge in [-0.2, -0.15) is 15.1 Å². The van der Waals surface area contributed by atoms with Gasteiger partial charge in [0.15, 0.2) is 5.65 Å². The number of nitrogens with zero attached hydrogens (tertiary/aromatic N) is 6. The molecule has 3 N–H and O–H groups in total. The zero-order valence-electron chi connectivity index (χ0n) is 17.6. The van der Waals surface area contributed by atoms with E-state index in [0.717, 1.165) is 28.3 Å². The monoisotopic (exact) mass is 410 g/mol. The summed E-state index contributed by atoms with van der Waals surface area (Å²) in [6, 6.07) is 7.20. The number of aryl methyl sites for hydroxylation is 2. The van der Waals surface area contributed by atoms with Crippen molar-refractivity contribution in [2.75, 3.05) is 42.7 Å². The van der Waals surface area contributed by atoms with Crippen LogP contribution in [-0.4, -0.2) is 63.5 Å². The number of carbonyl (C=O) groups excluding carboxylic acids is 1. The van der Waals surface area contributed by atoms with Gasteiger partial charge in [-0.3, -0.25) is 0 Å². The van der Waals surface area contributed by atoms with Crippen LogP contribution in [0.5, 0.6) is 5.75 Å². The highest BCUT2D eigenvalue weighted by molar-refractivity contribution is 5.92. The summed E-state index contributed by atoms with van der Waals surface area (Å²) in [5.74, 6) is 1.73. The Kier molecular flexibility index (Phi) is 5.06. The topological polar surface area (TPSA) is 114 Å². The van der Waals surface area contributed by atoms with Crippen molar-refractivity contribution < 1.29 is 9.53 Å². The minimum atomic E-state index is -0.128. The molecule has 0 aliphatic carbocycles. The van der Waals surface area contributed by atoms with Crippen LogP contribution in [0.2, 0.25) is 0 Å². The third-order valence-electron chi connectivity index (χ3n) is 5.38. The number of nitrogen functional groups attached to an aromatic ring is 1. The molecule has 4 rings (SSSR count). The van der Waals surface area contributed by atoms with Crippen LogP contribution in [0.25, 0.3) is 11.0 Å². The summed E-state index contributed by atoms with van der Waals surface area (Å²) in [7, 11) is 3.46. The number of hydrogen-bond donors (Lipinski definition) is 2. The molecule has 1 saturated heterocycles. The van der Waals surface area contributed by atoms with Crippen LogP contribution in [0, 0.1) is 6.92 Å². The van der Waals surface area contributed by atoms with Crippen LogP contribution in [0.3, 0.4) is 0 Å². The standard InChI is InChI=1S/C20H26N8O2/c1-12-11-27(20(29)22-14-5-7-15(30-4)8-6-14)9-10-28(12)18-16-13(2)25-26(3)17(16)23-19(21)24-18/h5-8,12H,9-11H2,1-4H3,(H,22,29)(H2,21,23,24)/t12-/m0/s1. The number of benzene rings is 1. The molecule has 1 fully saturated rings. The number of nitrogens with one attached hydrogen (secondary N) is 1. The van der Waals surface area contributed by atoms with Gasteiger partial charge in [-0.15, -0.1) is 0 Å². The van der Waals surface area contributed by atoms with Gasteiger partial charge in [0, 0.05) is 38.4 Å². The minimum absolute atomic E-state index is 0.0532. The van der Waals surface area contributed by atoms with Crippen molar-refractivity contribution in [1.82, 2.24) is 24.6 Å². The number of aromatic nitrogens is 4. The van der Waals surface area contributed by atoms with Gasteiger partial charge in [-0.05, 0) is 38.1 Å². The van der Waals surface area contributed by atoms with Crippen molar-refractivity contribution in [1.29, 1.82) is 0 Å². The van der Waals surface area contributed by atoms with Gasteiger partial charge in [0.2, 0.25) is 5.95 Å². The van der Waals surface area contributed by atoms with Crippen LogP contribution in [-0.2, 0) is 7.05 Å². The number of fused-ring (bicyclic) bond motifs is 1. The summed E-state index contributed by atoms with van der Waals surface area (Å²) < 4.78 is 6.87. The van der Waals surface area contributed by atoms with Crippen molar-refractivity contribution in [3.8, 4) is 5.75 Å². The van der Waals surface area contributed by atoms with E-state index in [-0.39, 0.29) is 18.0 Å². The predicted octanol–water partition coefficient (Wildman–Crippen LogP) is 2.01. The fourth-order valence-corrected chi connectivity index (χ4v) is 3.88. The van der Waals surface area contributed by atoms with Gasteiger partial charge >= 0.3 is 6.03 Å². The molecule has 1 aliphatic heterocycles. The first-order valence-corrected chi connectivity index (χ1v) is 9.81. The minimum Gasteiger partial charge on any atom is -0.497 e. The summed E-state index contributed by atoms with van der Waals surface area (Å²) in [5, 5.41) is 8.30. The summed E-state index contributed by atoms with van der Waals surface area (Å²) in [5.41, 5.74) is 8.26. The van der Waals surface area contributed by atoms with Gasteiger partial charge in [0.05, 0.1) is 18.2 Å². The molecule has 158 valence electrons. The molecular formula is C20H26N8O2. The van der Waals surface area contributed by atoms with Crippen molar-refractivity contribution >= 4 is 34.5 Å². The zero-order valence-corrected chi connectivity index (χ0v) is 17.6. The Morgan fingerprint density at radius 1 is 1.23 bits per heavy atom. The van der Waals surface area contributed by atoms with E-state index in [1.807, 2.05) is 43.1 Å². The zero-order chi connectivity index (χ0) is 21.4. The third kappa shape index (κ3) is 3.56. The second kappa shape index (κ2) is 7.69. The first-order chi connectivity index (χ1) is 14.4. The molecule has 1 aromatic carbocycles. The molecular weight excluding hydrogens is 384 g/mol. The summed E-state index contributed by atoms with van der Waals surface area (Å²) >= 11 is 0. The van der Waals surface area contributed by atoms with Gasteiger partial charge in [-0.25, -0.2) is 9.48 Å². The lowest BCUT2D eigenvalue weighted by Gasteiger charge is -2.40. The molecule has 10 heteroatoms. The number of methoxy groups -OCH3 is 1. The Morgan fingerprint density at radius 3 is 2.63 bits per heavy atom. The summed E-state index contributed by atoms with van der Waals surface area (Å²) in [6.45, 7) is 5.78. The molecule has 0 unspecified atom stereocenters. The van der Waals surface area contributed by atoms with Crippen LogP contribution in [0.4, 0.5) is 22.2 Å². The maximum Gasteiger partial charge on any atom is 0.321 e. The Bertz CT molecular complexity index is 1080. The number of ether oxygens (including phenoxy) is 1. The predicted molar refractivity (Wildman–Crippen MR) is 116 cm³/mol. The molecule has 0 bridgehead atoms. The lowest BCUT2D eigenvalue weighted by Crippen LogP contribution is -2.55. The van der Waals surface area contributed by atoms with Gasteiger partial charge in [0.25, 0.3) is 0 Å². The average Bonchev–Trinajstić information content (AvgIpc) is 3.01. The van der Waals surface area contributed by atoms with E-state index in [1.54, 1.807) is 11.8 Å². The number of nitrogens with two attached hydrogens (primary N) is 1. The van der Waals surface area contributed by atoms with E-state index in [2.05, 4.69) is 32.2 Å². The maximum atomic E-state index is 12.7. The van der Waals surface area contributed by atoms with Gasteiger partial charge < -0.3 is 25.6 Å². The largest absolute Gasteiger partial charge is 0.497 e. The fourth-order valence-electron chi connectivity index (χ4n) is 3.88. The molecule has 10 nitrogen and oxygen atoms in total. The molecule has 0 saturated carbocycles. The lowest BCUT2D eigenvalue weighted by atomic mass is 10.1. The quantitative estimate of drug-likeness (QED) is 0.679. The fraction of sp³-hybridized carbons (Fsp3) is 0.400. The van der Waals surface area contributed by atoms with E-state index in [1.165, 1.54) is 0 Å². The van der Waals surface area contributed by atoms with Crippen molar-refractivity contribution in [3.05, 3.63) is 30.0 Å². The molecule has 1 aliphatic rings. The van der Waals surface area contributed by atoms with Crippen LogP contribution in [0.1, 0.15) is 12.6 Å². The number of hydrogen-bond acceptors (Lipinski definition) is 7. The molecule has 2 aromatic heterocycles. The Hall–Kier alpha value is -3.56. The first kappa shape index (κ1) is 19.7. The average molecular weight is 410 g/mol. The maximum absolute atomic E-state index is 12.7. The second-order valence-corrected chi connectivity index (χ2v) is 7.46. The molecule has 3 heterocycles. The number of rotatable bonds is 3. The molecule has 1 atom stereocenters. The lowest BCUT2D eigenvalue weighted by molar-refractivity contribution is 0.200. The molecule has 2 amide bonds. The van der Waals surface area contributed by atoms with Crippen molar-refractivity contribution in [3.63, 3.8) is 0 Å². The molecule has 0 spiro atoms. The highest BCUT2D eigenvalue weighted by Gasteiger charge is 2.30. The van der Waals surface area contributed by atoms with E-state index in [9.17, 15) is 4.79 Å². The third-order valence-corrected chi connectivity index (χ3v) is 5.38. The number of piperazine rings is 1. The Balaban J connectivity index is 1.50. The highest BCUT2D eigenvalue weighted by Crippen LogP contribution is 2.30. The van der Waals surface area contributed by atoms with Gasteiger partial charge in [0.1, 0.15) is 11.6 Å². The van der Waals surface area contributed by atoms with Crippen LogP contribution < -0.4 is 20.7 Å². The SMILES string of the molecule is COc1ccc(NC(=O)N2CCN(c3nc(N)nc4c3c(C)nn4C)[C@@H](C)C2)cc1. The summed E-state index contributed by atoms with van der Waals surface area (Å²) in [4.78, 5) is 25.6. The molecule has 3 aromatic rings. The number of carbonyl (C=O) groups is 1. The number of anilines is 3. The normalized spacial score (nSPS) is 16.7. The smallest absolute Gasteiger partial charge is 0.321 e. The Morgan fingerprint density at radius 2 is 1.97 bits per heavy atom. The number of urea groups is 1. The van der Waals surface area contributed by atoms with Crippen LogP contribution in [0.15, 0.2) is 24.3 Å². The van der Waals surface area contributed by atoms with E-state index >= 15 is 0 Å². The summed E-state index contributed by atoms with van der Waals surface area (Å²) in [6.07, 6.45) is 0. The first-order valence-electron chi connectivity index (χ1n) is 9.81. The highest BCUT2D eigenvalue weighted by atomic mass is 16.5. The van der Waals surface area contributed by atoms with E-state index in [4.69, 9.17) is 10.5 Å². The molecule has 30 heavy (non-hydrogen) atoms. The van der Waals surface area contributed by atoms with Crippen molar-refractivity contribution in [2.45, 2.75) is 19.9 Å². The second-order valence-electron chi connectivity index (χ2n) is 7.46. The molecule has 0 radical (unpaired) electrons.